The van der Waals surface area contributed by atoms with Crippen molar-refractivity contribution in [3.63, 3.8) is 0 Å². The van der Waals surface area contributed by atoms with E-state index in [1.807, 2.05) is 42.5 Å². The molecule has 1 saturated heterocycles. The third kappa shape index (κ3) is 3.82. The van der Waals surface area contributed by atoms with Gasteiger partial charge in [0.05, 0.1) is 5.69 Å². The van der Waals surface area contributed by atoms with Gasteiger partial charge in [0.15, 0.2) is 0 Å². The normalized spacial score (nSPS) is 20.1. The minimum Gasteiger partial charge on any atom is -0.349 e. The van der Waals surface area contributed by atoms with Crippen molar-refractivity contribution in [3.8, 4) is 0 Å². The molecule has 21 heavy (non-hydrogen) atoms. The van der Waals surface area contributed by atoms with Gasteiger partial charge in [-0.3, -0.25) is 10.3 Å². The summed E-state index contributed by atoms with van der Waals surface area (Å²) in [5.41, 5.74) is 2.00. The van der Waals surface area contributed by atoms with Crippen LogP contribution in [0.25, 0.3) is 0 Å². The van der Waals surface area contributed by atoms with Crippen LogP contribution in [0.15, 0.2) is 48.7 Å². The number of piperidine rings is 1. The number of benzene rings is 1. The molecule has 1 aromatic carbocycles. The van der Waals surface area contributed by atoms with Crippen LogP contribution in [-0.4, -0.2) is 17.8 Å². The summed E-state index contributed by atoms with van der Waals surface area (Å²) in [6.07, 6.45) is 5.18. The van der Waals surface area contributed by atoms with Gasteiger partial charge in [-0.2, -0.15) is 0 Å². The van der Waals surface area contributed by atoms with Crippen LogP contribution in [0.3, 0.4) is 0 Å². The lowest BCUT2D eigenvalue weighted by Crippen LogP contribution is -2.37. The molecule has 110 valence electrons. The molecule has 0 radical (unpaired) electrons. The molecular formula is C17H19ClN2O. The van der Waals surface area contributed by atoms with E-state index < -0.39 is 0 Å². The summed E-state index contributed by atoms with van der Waals surface area (Å²) >= 11 is 5.99. The maximum absolute atomic E-state index is 6.29. The fourth-order valence-electron chi connectivity index (χ4n) is 2.59. The lowest BCUT2D eigenvalue weighted by Gasteiger charge is -2.28. The Bertz CT molecular complexity index is 553. The SMILES string of the molecule is Clc1ccc(C(OC2CCCCN2)c2ccccn2)cc1. The molecule has 0 aliphatic carbocycles. The molecule has 0 spiro atoms. The predicted octanol–water partition coefficient (Wildman–Crippen LogP) is 3.94. The Hall–Kier alpha value is -1.42. The van der Waals surface area contributed by atoms with Gasteiger partial charge in [-0.15, -0.1) is 0 Å². The molecule has 1 aromatic heterocycles. The lowest BCUT2D eigenvalue weighted by atomic mass is 10.1. The van der Waals surface area contributed by atoms with Crippen LogP contribution in [-0.2, 0) is 4.74 Å². The molecule has 1 N–H and O–H groups in total. The zero-order chi connectivity index (χ0) is 14.5. The molecule has 0 bridgehead atoms. The van der Waals surface area contributed by atoms with E-state index in [4.69, 9.17) is 16.3 Å². The molecule has 1 aliphatic rings. The van der Waals surface area contributed by atoms with Crippen LogP contribution in [0, 0.1) is 0 Å². The Kier molecular flexibility index (Phi) is 4.86. The Morgan fingerprint density at radius 1 is 1.14 bits per heavy atom. The average molecular weight is 303 g/mol. The third-order valence-corrected chi connectivity index (χ3v) is 3.95. The number of hydrogen-bond acceptors (Lipinski definition) is 3. The van der Waals surface area contributed by atoms with Crippen molar-refractivity contribution in [3.05, 3.63) is 64.9 Å². The highest BCUT2D eigenvalue weighted by Crippen LogP contribution is 2.28. The molecule has 0 saturated carbocycles. The first-order chi connectivity index (χ1) is 10.3. The number of nitrogens with zero attached hydrogens (tertiary/aromatic N) is 1. The molecular weight excluding hydrogens is 284 g/mol. The first-order valence-corrected chi connectivity index (χ1v) is 7.76. The second-order valence-electron chi connectivity index (χ2n) is 5.26. The summed E-state index contributed by atoms with van der Waals surface area (Å²) in [5, 5.41) is 4.16. The summed E-state index contributed by atoms with van der Waals surface area (Å²) in [6, 6.07) is 13.7. The summed E-state index contributed by atoms with van der Waals surface area (Å²) in [6.45, 7) is 1.01. The monoisotopic (exact) mass is 302 g/mol. The Balaban J connectivity index is 1.85. The van der Waals surface area contributed by atoms with E-state index in [0.29, 0.717) is 0 Å². The minimum absolute atomic E-state index is 0.0847. The molecule has 1 aliphatic heterocycles. The van der Waals surface area contributed by atoms with Gasteiger partial charge < -0.3 is 4.74 Å². The maximum atomic E-state index is 6.29. The third-order valence-electron chi connectivity index (χ3n) is 3.69. The highest BCUT2D eigenvalue weighted by atomic mass is 35.5. The van der Waals surface area contributed by atoms with Crippen molar-refractivity contribution in [2.75, 3.05) is 6.54 Å². The molecule has 2 unspecified atom stereocenters. The zero-order valence-electron chi connectivity index (χ0n) is 11.8. The summed E-state index contributed by atoms with van der Waals surface area (Å²) in [7, 11) is 0. The molecule has 4 heteroatoms. The van der Waals surface area contributed by atoms with E-state index in [2.05, 4.69) is 10.3 Å². The molecule has 2 aromatic rings. The maximum Gasteiger partial charge on any atom is 0.127 e. The van der Waals surface area contributed by atoms with Gasteiger partial charge in [-0.1, -0.05) is 29.8 Å². The Morgan fingerprint density at radius 3 is 2.67 bits per heavy atom. The lowest BCUT2D eigenvalue weighted by molar-refractivity contribution is -0.0276. The number of ether oxygens (including phenoxy) is 1. The number of aromatic nitrogens is 1. The van der Waals surface area contributed by atoms with E-state index in [-0.39, 0.29) is 12.3 Å². The zero-order valence-corrected chi connectivity index (χ0v) is 12.6. The van der Waals surface area contributed by atoms with Crippen molar-refractivity contribution in [1.29, 1.82) is 0 Å². The van der Waals surface area contributed by atoms with Crippen molar-refractivity contribution < 1.29 is 4.74 Å². The molecule has 2 heterocycles. The highest BCUT2D eigenvalue weighted by Gasteiger charge is 2.22. The topological polar surface area (TPSA) is 34.1 Å². The fourth-order valence-corrected chi connectivity index (χ4v) is 2.71. The van der Waals surface area contributed by atoms with E-state index in [1.165, 1.54) is 12.8 Å². The number of hydrogen-bond donors (Lipinski definition) is 1. The Morgan fingerprint density at radius 2 is 2.00 bits per heavy atom. The van der Waals surface area contributed by atoms with Gasteiger partial charge in [0, 0.05) is 11.2 Å². The van der Waals surface area contributed by atoms with Crippen LogP contribution in [0.2, 0.25) is 5.02 Å². The average Bonchev–Trinajstić information content (AvgIpc) is 2.55. The summed E-state index contributed by atoms with van der Waals surface area (Å²) < 4.78 is 6.29. The van der Waals surface area contributed by atoms with Crippen molar-refractivity contribution in [2.24, 2.45) is 0 Å². The molecule has 1 fully saturated rings. The van der Waals surface area contributed by atoms with Gasteiger partial charge in [-0.05, 0) is 55.6 Å². The predicted molar refractivity (Wildman–Crippen MR) is 84.3 cm³/mol. The first kappa shape index (κ1) is 14.5. The fraction of sp³-hybridized carbons (Fsp3) is 0.353. The van der Waals surface area contributed by atoms with Crippen LogP contribution < -0.4 is 5.32 Å². The quantitative estimate of drug-likeness (QED) is 0.929. The van der Waals surface area contributed by atoms with Crippen LogP contribution in [0.5, 0.6) is 0 Å². The smallest absolute Gasteiger partial charge is 0.127 e. The van der Waals surface area contributed by atoms with Crippen LogP contribution in [0.4, 0.5) is 0 Å². The number of nitrogens with one attached hydrogen (secondary N) is 1. The van der Waals surface area contributed by atoms with E-state index in [1.54, 1.807) is 6.20 Å². The van der Waals surface area contributed by atoms with Gasteiger partial charge in [-0.25, -0.2) is 0 Å². The van der Waals surface area contributed by atoms with Gasteiger partial charge in [0.2, 0.25) is 0 Å². The van der Waals surface area contributed by atoms with E-state index >= 15 is 0 Å². The number of rotatable bonds is 4. The molecule has 2 atom stereocenters. The summed E-state index contributed by atoms with van der Waals surface area (Å²) in [4.78, 5) is 4.46. The largest absolute Gasteiger partial charge is 0.349 e. The second kappa shape index (κ2) is 7.03. The van der Waals surface area contributed by atoms with E-state index in [0.717, 1.165) is 29.2 Å². The van der Waals surface area contributed by atoms with Crippen LogP contribution >= 0.6 is 11.6 Å². The Labute approximate surface area is 130 Å². The van der Waals surface area contributed by atoms with Crippen molar-refractivity contribution in [1.82, 2.24) is 10.3 Å². The number of pyridine rings is 1. The van der Waals surface area contributed by atoms with Gasteiger partial charge in [0.1, 0.15) is 12.3 Å². The van der Waals surface area contributed by atoms with Gasteiger partial charge >= 0.3 is 0 Å². The molecule has 3 rings (SSSR count). The van der Waals surface area contributed by atoms with Crippen molar-refractivity contribution in [2.45, 2.75) is 31.6 Å². The second-order valence-corrected chi connectivity index (χ2v) is 5.70. The minimum atomic E-state index is -0.168. The number of halogens is 1. The highest BCUT2D eigenvalue weighted by molar-refractivity contribution is 6.30. The summed E-state index contributed by atoms with van der Waals surface area (Å²) in [5.74, 6) is 0. The molecule has 3 nitrogen and oxygen atoms in total. The van der Waals surface area contributed by atoms with E-state index in [9.17, 15) is 0 Å². The van der Waals surface area contributed by atoms with Crippen molar-refractivity contribution >= 4 is 11.6 Å². The standard InChI is InChI=1S/C17H19ClN2O/c18-14-9-7-13(8-10-14)17(15-5-1-3-11-19-15)21-16-6-2-4-12-20-16/h1,3,5,7-11,16-17,20H,2,4,6,12H2. The van der Waals surface area contributed by atoms with Crippen LogP contribution in [0.1, 0.15) is 36.6 Å². The first-order valence-electron chi connectivity index (χ1n) is 7.38. The molecule has 0 amide bonds. The van der Waals surface area contributed by atoms with Gasteiger partial charge in [0.25, 0.3) is 0 Å².